The monoisotopic (exact) mass is 283 g/mol. The van der Waals surface area contributed by atoms with Crippen LogP contribution in [0.3, 0.4) is 0 Å². The van der Waals surface area contributed by atoms with Gasteiger partial charge >= 0.3 is 0 Å². The van der Waals surface area contributed by atoms with E-state index in [1.54, 1.807) is 0 Å². The van der Waals surface area contributed by atoms with Crippen molar-refractivity contribution < 1.29 is 5.11 Å². The van der Waals surface area contributed by atoms with Crippen LogP contribution in [0.15, 0.2) is 42.5 Å². The van der Waals surface area contributed by atoms with E-state index < -0.39 is 0 Å². The van der Waals surface area contributed by atoms with Crippen molar-refractivity contribution in [2.24, 2.45) is 0 Å². The summed E-state index contributed by atoms with van der Waals surface area (Å²) in [7, 11) is 0. The van der Waals surface area contributed by atoms with Crippen LogP contribution in [0.5, 0.6) is 5.75 Å². The van der Waals surface area contributed by atoms with E-state index in [1.165, 1.54) is 11.1 Å². The molecule has 2 aromatic carbocycles. The van der Waals surface area contributed by atoms with Gasteiger partial charge in [-0.3, -0.25) is 4.90 Å². The lowest BCUT2D eigenvalue weighted by atomic mass is 10.0. The molecule has 2 nitrogen and oxygen atoms in total. The first-order chi connectivity index (χ1) is 10.1. The molecule has 0 fully saturated rings. The number of phenols is 1. The van der Waals surface area contributed by atoms with Crippen molar-refractivity contribution >= 4 is 0 Å². The smallest absolute Gasteiger partial charge is 0.122 e. The second-order valence-electron chi connectivity index (χ2n) is 5.79. The van der Waals surface area contributed by atoms with Gasteiger partial charge in [-0.15, -0.1) is 0 Å². The summed E-state index contributed by atoms with van der Waals surface area (Å²) in [6, 6.07) is 14.6. The van der Waals surface area contributed by atoms with Crippen LogP contribution in [-0.2, 0) is 13.1 Å². The summed E-state index contributed by atoms with van der Waals surface area (Å²) >= 11 is 0. The zero-order valence-corrected chi connectivity index (χ0v) is 13.3. The van der Waals surface area contributed by atoms with E-state index in [1.807, 2.05) is 19.1 Å². The van der Waals surface area contributed by atoms with Crippen LogP contribution in [0.25, 0.3) is 0 Å². The highest BCUT2D eigenvalue weighted by Crippen LogP contribution is 2.25. The highest BCUT2D eigenvalue weighted by atomic mass is 16.3. The molecule has 0 heterocycles. The van der Waals surface area contributed by atoms with Gasteiger partial charge in [0.05, 0.1) is 0 Å². The Balaban J connectivity index is 2.16. The summed E-state index contributed by atoms with van der Waals surface area (Å²) in [5.41, 5.74) is 4.50. The maximum atomic E-state index is 10.3. The van der Waals surface area contributed by atoms with E-state index in [0.29, 0.717) is 5.75 Å². The molecule has 0 saturated carbocycles. The quantitative estimate of drug-likeness (QED) is 0.848. The van der Waals surface area contributed by atoms with Crippen molar-refractivity contribution in [2.75, 3.05) is 6.54 Å². The summed E-state index contributed by atoms with van der Waals surface area (Å²) in [4.78, 5) is 2.39. The molecule has 0 aromatic heterocycles. The van der Waals surface area contributed by atoms with Crippen molar-refractivity contribution in [3.05, 3.63) is 64.7 Å². The van der Waals surface area contributed by atoms with Crippen molar-refractivity contribution in [1.29, 1.82) is 0 Å². The second kappa shape index (κ2) is 7.28. The van der Waals surface area contributed by atoms with Crippen LogP contribution in [0, 0.1) is 13.8 Å². The third-order valence-corrected chi connectivity index (χ3v) is 3.71. The van der Waals surface area contributed by atoms with Crippen LogP contribution in [-0.4, -0.2) is 16.6 Å². The minimum Gasteiger partial charge on any atom is -0.507 e. The first-order valence-electron chi connectivity index (χ1n) is 7.65. The highest BCUT2D eigenvalue weighted by Gasteiger charge is 2.11. The molecule has 2 heteroatoms. The number of rotatable bonds is 6. The fraction of sp³-hybridized carbons (Fsp3) is 0.368. The van der Waals surface area contributed by atoms with E-state index in [9.17, 15) is 5.11 Å². The number of hydrogen-bond acceptors (Lipinski definition) is 2. The summed E-state index contributed by atoms with van der Waals surface area (Å²) in [6.07, 6.45) is 1.11. The lowest BCUT2D eigenvalue weighted by molar-refractivity contribution is 0.253. The lowest BCUT2D eigenvalue weighted by Crippen LogP contribution is -2.23. The lowest BCUT2D eigenvalue weighted by Gasteiger charge is -2.23. The van der Waals surface area contributed by atoms with E-state index in [4.69, 9.17) is 0 Å². The molecule has 1 N–H and O–H groups in total. The average molecular weight is 283 g/mol. The fourth-order valence-corrected chi connectivity index (χ4v) is 2.78. The normalized spacial score (nSPS) is 11.0. The SMILES string of the molecule is CCCN(Cc1ccccc1)Cc1cc(C)cc(C)c1O. The zero-order valence-electron chi connectivity index (χ0n) is 13.3. The number of nitrogens with zero attached hydrogens (tertiary/aromatic N) is 1. The molecule has 0 radical (unpaired) electrons. The Morgan fingerprint density at radius 2 is 1.71 bits per heavy atom. The molecule has 0 spiro atoms. The molecule has 0 atom stereocenters. The predicted molar refractivity (Wildman–Crippen MR) is 88.4 cm³/mol. The van der Waals surface area contributed by atoms with Gasteiger partial charge in [0.15, 0.2) is 0 Å². The average Bonchev–Trinajstić information content (AvgIpc) is 2.45. The standard InChI is InChI=1S/C19H25NO/c1-4-10-20(13-17-8-6-5-7-9-17)14-18-12-15(2)11-16(3)19(18)21/h5-9,11-12,21H,4,10,13-14H2,1-3H3. The van der Waals surface area contributed by atoms with E-state index in [-0.39, 0.29) is 0 Å². The first kappa shape index (κ1) is 15.6. The molecule has 2 aromatic rings. The van der Waals surface area contributed by atoms with Gasteiger partial charge in [0.2, 0.25) is 0 Å². The Bertz CT molecular complexity index is 578. The van der Waals surface area contributed by atoms with Crippen LogP contribution >= 0.6 is 0 Å². The van der Waals surface area contributed by atoms with Gasteiger partial charge in [0.1, 0.15) is 5.75 Å². The van der Waals surface area contributed by atoms with Crippen molar-refractivity contribution in [3.8, 4) is 5.75 Å². The molecule has 0 aliphatic carbocycles. The molecule has 21 heavy (non-hydrogen) atoms. The van der Waals surface area contributed by atoms with Crippen LogP contribution < -0.4 is 0 Å². The third kappa shape index (κ3) is 4.33. The van der Waals surface area contributed by atoms with Crippen molar-refractivity contribution in [2.45, 2.75) is 40.3 Å². The van der Waals surface area contributed by atoms with Crippen molar-refractivity contribution in [1.82, 2.24) is 4.90 Å². The molecule has 0 bridgehead atoms. The Hall–Kier alpha value is -1.80. The molecule has 0 aliphatic heterocycles. The molecule has 0 aliphatic rings. The van der Waals surface area contributed by atoms with Gasteiger partial charge in [-0.25, -0.2) is 0 Å². The van der Waals surface area contributed by atoms with Crippen LogP contribution in [0.1, 0.15) is 35.6 Å². The number of phenolic OH excluding ortho intramolecular Hbond substituents is 1. The van der Waals surface area contributed by atoms with Gasteiger partial charge in [0.25, 0.3) is 0 Å². The molecule has 2 rings (SSSR count). The van der Waals surface area contributed by atoms with Gasteiger partial charge in [0, 0.05) is 18.7 Å². The zero-order chi connectivity index (χ0) is 15.2. The van der Waals surface area contributed by atoms with E-state index in [0.717, 1.165) is 37.2 Å². The summed E-state index contributed by atoms with van der Waals surface area (Å²) < 4.78 is 0. The minimum absolute atomic E-state index is 0.440. The summed E-state index contributed by atoms with van der Waals surface area (Å²) in [5.74, 6) is 0.440. The summed E-state index contributed by atoms with van der Waals surface area (Å²) in [6.45, 7) is 8.98. The largest absolute Gasteiger partial charge is 0.507 e. The first-order valence-corrected chi connectivity index (χ1v) is 7.65. The second-order valence-corrected chi connectivity index (χ2v) is 5.79. The number of aromatic hydroxyl groups is 1. The number of benzene rings is 2. The molecule has 0 unspecified atom stereocenters. The van der Waals surface area contributed by atoms with Gasteiger partial charge in [-0.1, -0.05) is 55.0 Å². The summed E-state index contributed by atoms with van der Waals surface area (Å²) in [5, 5.41) is 10.3. The van der Waals surface area contributed by atoms with Gasteiger partial charge in [-0.2, -0.15) is 0 Å². The molecular formula is C19H25NO. The number of aryl methyl sites for hydroxylation is 2. The molecule has 112 valence electrons. The predicted octanol–water partition coefficient (Wildman–Crippen LogP) is 4.42. The van der Waals surface area contributed by atoms with Gasteiger partial charge in [-0.05, 0) is 37.9 Å². The molecule has 0 saturated heterocycles. The maximum absolute atomic E-state index is 10.3. The maximum Gasteiger partial charge on any atom is 0.122 e. The topological polar surface area (TPSA) is 23.5 Å². The fourth-order valence-electron chi connectivity index (χ4n) is 2.78. The number of hydrogen-bond donors (Lipinski definition) is 1. The Morgan fingerprint density at radius 3 is 2.38 bits per heavy atom. The van der Waals surface area contributed by atoms with Crippen LogP contribution in [0.4, 0.5) is 0 Å². The Kier molecular flexibility index (Phi) is 5.40. The molecular weight excluding hydrogens is 258 g/mol. The van der Waals surface area contributed by atoms with Crippen LogP contribution in [0.2, 0.25) is 0 Å². The van der Waals surface area contributed by atoms with E-state index >= 15 is 0 Å². The highest BCUT2D eigenvalue weighted by molar-refractivity contribution is 5.42. The minimum atomic E-state index is 0.440. The van der Waals surface area contributed by atoms with E-state index in [2.05, 4.69) is 49.1 Å². The third-order valence-electron chi connectivity index (χ3n) is 3.71. The Labute approximate surface area is 128 Å². The van der Waals surface area contributed by atoms with Gasteiger partial charge < -0.3 is 5.11 Å². The van der Waals surface area contributed by atoms with Crippen molar-refractivity contribution in [3.63, 3.8) is 0 Å². The molecule has 0 amide bonds. The Morgan fingerprint density at radius 1 is 1.00 bits per heavy atom.